The number of hydrogen-bond acceptors (Lipinski definition) is 3. The highest BCUT2D eigenvalue weighted by Crippen LogP contribution is 2.18. The van der Waals surface area contributed by atoms with Gasteiger partial charge in [0, 0.05) is 18.8 Å². The normalized spacial score (nSPS) is 19.7. The molecule has 0 saturated carbocycles. The molecule has 4 heteroatoms. The van der Waals surface area contributed by atoms with Gasteiger partial charge in [-0.2, -0.15) is 0 Å². The minimum Gasteiger partial charge on any atom is -0.338 e. The van der Waals surface area contributed by atoms with Crippen molar-refractivity contribution in [1.82, 2.24) is 9.88 Å². The van der Waals surface area contributed by atoms with E-state index in [2.05, 4.69) is 4.98 Å². The molecule has 1 fully saturated rings. The average Bonchev–Trinajstić information content (AvgIpc) is 2.76. The van der Waals surface area contributed by atoms with Crippen molar-refractivity contribution in [3.8, 4) is 0 Å². The summed E-state index contributed by atoms with van der Waals surface area (Å²) in [5, 5.41) is 0. The van der Waals surface area contributed by atoms with E-state index in [1.807, 2.05) is 30.9 Å². The predicted octanol–water partition coefficient (Wildman–Crippen LogP) is 1.12. The lowest BCUT2D eigenvalue weighted by Gasteiger charge is -2.17. The number of carbonyl (C=O) groups is 1. The Morgan fingerprint density at radius 3 is 2.88 bits per heavy atom. The van der Waals surface area contributed by atoms with Crippen molar-refractivity contribution in [2.24, 2.45) is 11.7 Å². The van der Waals surface area contributed by atoms with E-state index < -0.39 is 0 Å². The fourth-order valence-electron chi connectivity index (χ4n) is 2.29. The summed E-state index contributed by atoms with van der Waals surface area (Å²) in [6.45, 7) is 6.07. The Bertz CT molecular complexity index is 431. The third-order valence-corrected chi connectivity index (χ3v) is 3.36. The lowest BCUT2D eigenvalue weighted by molar-refractivity contribution is 0.0786. The maximum atomic E-state index is 12.3. The molecule has 2 heterocycles. The quantitative estimate of drug-likeness (QED) is 0.832. The summed E-state index contributed by atoms with van der Waals surface area (Å²) >= 11 is 0. The molecule has 0 aliphatic carbocycles. The predicted molar refractivity (Wildman–Crippen MR) is 66.8 cm³/mol. The fraction of sp³-hybridized carbons (Fsp3) is 0.538. The highest BCUT2D eigenvalue weighted by molar-refractivity contribution is 5.95. The summed E-state index contributed by atoms with van der Waals surface area (Å²) in [5.74, 6) is 0.545. The third kappa shape index (κ3) is 2.47. The zero-order valence-corrected chi connectivity index (χ0v) is 10.4. The first kappa shape index (κ1) is 12.0. The number of rotatable bonds is 2. The van der Waals surface area contributed by atoms with Crippen molar-refractivity contribution in [3.63, 3.8) is 0 Å². The number of nitrogens with zero attached hydrogens (tertiary/aromatic N) is 2. The van der Waals surface area contributed by atoms with Crippen LogP contribution in [0.4, 0.5) is 0 Å². The second-order valence-corrected chi connectivity index (χ2v) is 4.73. The molecule has 1 saturated heterocycles. The van der Waals surface area contributed by atoms with Gasteiger partial charge in [0.1, 0.15) is 0 Å². The smallest absolute Gasteiger partial charge is 0.255 e. The monoisotopic (exact) mass is 233 g/mol. The molecule has 4 nitrogen and oxygen atoms in total. The Morgan fingerprint density at radius 1 is 1.53 bits per heavy atom. The van der Waals surface area contributed by atoms with Crippen LogP contribution in [-0.4, -0.2) is 35.4 Å². The van der Waals surface area contributed by atoms with Gasteiger partial charge in [-0.3, -0.25) is 9.78 Å². The van der Waals surface area contributed by atoms with Crippen LogP contribution < -0.4 is 5.73 Å². The Morgan fingerprint density at radius 2 is 2.29 bits per heavy atom. The van der Waals surface area contributed by atoms with Gasteiger partial charge in [-0.15, -0.1) is 0 Å². The molecule has 17 heavy (non-hydrogen) atoms. The summed E-state index contributed by atoms with van der Waals surface area (Å²) in [6.07, 6.45) is 1.01. The molecule has 1 unspecified atom stereocenters. The molecule has 0 radical (unpaired) electrons. The Hall–Kier alpha value is -1.42. The molecule has 1 aromatic heterocycles. The topological polar surface area (TPSA) is 59.2 Å². The molecule has 1 atom stereocenters. The Balaban J connectivity index is 2.15. The highest BCUT2D eigenvalue weighted by atomic mass is 16.2. The van der Waals surface area contributed by atoms with E-state index in [4.69, 9.17) is 5.73 Å². The van der Waals surface area contributed by atoms with Crippen molar-refractivity contribution >= 4 is 5.91 Å². The number of carbonyl (C=O) groups excluding carboxylic acids is 1. The molecular formula is C13H19N3O. The van der Waals surface area contributed by atoms with E-state index in [-0.39, 0.29) is 5.91 Å². The van der Waals surface area contributed by atoms with E-state index in [0.29, 0.717) is 18.0 Å². The molecule has 2 rings (SSSR count). The van der Waals surface area contributed by atoms with Crippen LogP contribution in [-0.2, 0) is 0 Å². The maximum Gasteiger partial charge on any atom is 0.255 e. The van der Waals surface area contributed by atoms with Crippen LogP contribution in [0.2, 0.25) is 0 Å². The van der Waals surface area contributed by atoms with Gasteiger partial charge >= 0.3 is 0 Å². The molecule has 1 amide bonds. The standard InChI is InChI=1S/C13H19N3O/c1-9-3-4-12(10(2)15-9)13(17)16-6-5-11(7-14)8-16/h3-4,11H,5-8,14H2,1-2H3. The summed E-state index contributed by atoms with van der Waals surface area (Å²) in [7, 11) is 0. The summed E-state index contributed by atoms with van der Waals surface area (Å²) < 4.78 is 0. The summed E-state index contributed by atoms with van der Waals surface area (Å²) in [5.41, 5.74) is 8.11. The molecule has 0 bridgehead atoms. The van der Waals surface area contributed by atoms with Crippen LogP contribution in [0.15, 0.2) is 12.1 Å². The number of amides is 1. The zero-order chi connectivity index (χ0) is 12.4. The van der Waals surface area contributed by atoms with Crippen molar-refractivity contribution < 1.29 is 4.79 Å². The van der Waals surface area contributed by atoms with Crippen LogP contribution in [0.1, 0.15) is 28.2 Å². The average molecular weight is 233 g/mol. The number of aryl methyl sites for hydroxylation is 2. The van der Waals surface area contributed by atoms with Crippen LogP contribution in [0.3, 0.4) is 0 Å². The SMILES string of the molecule is Cc1ccc(C(=O)N2CCC(CN)C2)c(C)n1. The van der Waals surface area contributed by atoms with E-state index in [9.17, 15) is 4.79 Å². The van der Waals surface area contributed by atoms with Crippen molar-refractivity contribution in [2.75, 3.05) is 19.6 Å². The van der Waals surface area contributed by atoms with Crippen LogP contribution in [0.5, 0.6) is 0 Å². The lowest BCUT2D eigenvalue weighted by Crippen LogP contribution is -2.30. The van der Waals surface area contributed by atoms with Gasteiger partial charge in [-0.1, -0.05) is 0 Å². The van der Waals surface area contributed by atoms with E-state index >= 15 is 0 Å². The van der Waals surface area contributed by atoms with Crippen molar-refractivity contribution in [3.05, 3.63) is 29.1 Å². The Kier molecular flexibility index (Phi) is 3.43. The molecule has 0 spiro atoms. The van der Waals surface area contributed by atoms with Crippen LogP contribution >= 0.6 is 0 Å². The first-order chi connectivity index (χ1) is 8.11. The number of hydrogen-bond donors (Lipinski definition) is 1. The molecular weight excluding hydrogens is 214 g/mol. The van der Waals surface area contributed by atoms with Gasteiger partial charge in [0.2, 0.25) is 0 Å². The molecule has 92 valence electrons. The van der Waals surface area contributed by atoms with Crippen LogP contribution in [0.25, 0.3) is 0 Å². The largest absolute Gasteiger partial charge is 0.338 e. The number of aromatic nitrogens is 1. The fourth-order valence-corrected chi connectivity index (χ4v) is 2.29. The first-order valence-electron chi connectivity index (χ1n) is 6.05. The minimum absolute atomic E-state index is 0.0888. The molecule has 0 aromatic carbocycles. The summed E-state index contributed by atoms with van der Waals surface area (Å²) in [6, 6.07) is 3.76. The minimum atomic E-state index is 0.0888. The Labute approximate surface area is 102 Å². The number of nitrogens with two attached hydrogens (primary N) is 1. The van der Waals surface area contributed by atoms with Gasteiger partial charge in [-0.25, -0.2) is 0 Å². The van der Waals surface area contributed by atoms with E-state index in [1.165, 1.54) is 0 Å². The second kappa shape index (κ2) is 4.84. The third-order valence-electron chi connectivity index (χ3n) is 3.36. The molecule has 1 aliphatic heterocycles. The zero-order valence-electron chi connectivity index (χ0n) is 10.4. The number of likely N-dealkylation sites (tertiary alicyclic amines) is 1. The van der Waals surface area contributed by atoms with Gasteiger partial charge in [-0.05, 0) is 44.9 Å². The number of pyridine rings is 1. The van der Waals surface area contributed by atoms with Gasteiger partial charge in [0.05, 0.1) is 11.3 Å². The molecule has 2 N–H and O–H groups in total. The molecule has 1 aliphatic rings. The van der Waals surface area contributed by atoms with Crippen molar-refractivity contribution in [2.45, 2.75) is 20.3 Å². The van der Waals surface area contributed by atoms with Gasteiger partial charge < -0.3 is 10.6 Å². The van der Waals surface area contributed by atoms with Crippen molar-refractivity contribution in [1.29, 1.82) is 0 Å². The van der Waals surface area contributed by atoms with E-state index in [0.717, 1.165) is 30.9 Å². The first-order valence-corrected chi connectivity index (χ1v) is 6.05. The van der Waals surface area contributed by atoms with Crippen LogP contribution in [0, 0.1) is 19.8 Å². The van der Waals surface area contributed by atoms with Gasteiger partial charge in [0.15, 0.2) is 0 Å². The second-order valence-electron chi connectivity index (χ2n) is 4.73. The maximum absolute atomic E-state index is 12.3. The van der Waals surface area contributed by atoms with Gasteiger partial charge in [0.25, 0.3) is 5.91 Å². The highest BCUT2D eigenvalue weighted by Gasteiger charge is 2.26. The molecule has 1 aromatic rings. The summed E-state index contributed by atoms with van der Waals surface area (Å²) in [4.78, 5) is 18.5. The lowest BCUT2D eigenvalue weighted by atomic mass is 10.1. The van der Waals surface area contributed by atoms with E-state index in [1.54, 1.807) is 0 Å².